The van der Waals surface area contributed by atoms with E-state index in [1.807, 2.05) is 68.4 Å². The smallest absolute Gasteiger partial charge is 0.339 e. The number of esters is 1. The topological polar surface area (TPSA) is 79.2 Å². The van der Waals surface area contributed by atoms with Gasteiger partial charge in [0.05, 0.1) is 17.2 Å². The minimum Gasteiger partial charge on any atom is -0.446 e. The lowest BCUT2D eigenvalue weighted by Gasteiger charge is -2.30. The van der Waals surface area contributed by atoms with E-state index in [2.05, 4.69) is 11.4 Å². The van der Waals surface area contributed by atoms with Gasteiger partial charge in [-0.2, -0.15) is 5.26 Å². The highest BCUT2D eigenvalue weighted by atomic mass is 35.5. The predicted molar refractivity (Wildman–Crippen MR) is 137 cm³/mol. The van der Waals surface area contributed by atoms with E-state index in [0.29, 0.717) is 22.6 Å². The molecule has 0 saturated heterocycles. The predicted octanol–water partition coefficient (Wildman–Crippen LogP) is 5.99. The molecule has 0 aliphatic rings. The van der Waals surface area contributed by atoms with E-state index in [1.54, 1.807) is 32.0 Å². The summed E-state index contributed by atoms with van der Waals surface area (Å²) in [6.07, 6.45) is 0.622. The minimum absolute atomic E-state index is 0.128. The Labute approximate surface area is 211 Å². The standard InChI is InChI=1S/C29H29ClN2O3/c1-19-8-5-6-11-25(19)27(33)35-29(3,4)28(34)32-20(2)26(17-21-12-14-24(30)15-13-21)23-10-7-9-22(16-23)18-31/h5-16,20,26H,17H2,1-4H3,(H,32,34)/t20-,26+/m0/s1. The third kappa shape index (κ3) is 6.71. The minimum atomic E-state index is -1.38. The van der Waals surface area contributed by atoms with Gasteiger partial charge in [0.2, 0.25) is 0 Å². The number of aryl methyl sites for hydroxylation is 1. The first kappa shape index (κ1) is 26.0. The number of benzene rings is 3. The molecular formula is C29H29ClN2O3. The van der Waals surface area contributed by atoms with Crippen molar-refractivity contribution in [2.75, 3.05) is 0 Å². The Balaban J connectivity index is 1.81. The molecule has 0 unspecified atom stereocenters. The van der Waals surface area contributed by atoms with Crippen LogP contribution in [0.4, 0.5) is 0 Å². The average Bonchev–Trinajstić information content (AvgIpc) is 2.83. The number of halogens is 1. The number of nitriles is 1. The first-order chi connectivity index (χ1) is 16.6. The van der Waals surface area contributed by atoms with Gasteiger partial charge in [-0.25, -0.2) is 4.79 Å². The summed E-state index contributed by atoms with van der Waals surface area (Å²) in [4.78, 5) is 25.9. The second-order valence-corrected chi connectivity index (χ2v) is 9.59. The van der Waals surface area contributed by atoms with Crippen LogP contribution in [0, 0.1) is 18.3 Å². The van der Waals surface area contributed by atoms with Gasteiger partial charge in [-0.15, -0.1) is 0 Å². The van der Waals surface area contributed by atoms with E-state index in [9.17, 15) is 14.9 Å². The zero-order valence-electron chi connectivity index (χ0n) is 20.3. The normalized spacial score (nSPS) is 12.8. The quantitative estimate of drug-likeness (QED) is 0.395. The molecule has 0 aliphatic carbocycles. The molecule has 1 N–H and O–H groups in total. The van der Waals surface area contributed by atoms with Crippen molar-refractivity contribution < 1.29 is 14.3 Å². The van der Waals surface area contributed by atoms with Crippen LogP contribution in [-0.4, -0.2) is 23.5 Å². The second kappa shape index (κ2) is 11.2. The van der Waals surface area contributed by atoms with E-state index < -0.39 is 17.5 Å². The molecule has 1 amide bonds. The molecule has 35 heavy (non-hydrogen) atoms. The van der Waals surface area contributed by atoms with Gasteiger partial charge in [0.15, 0.2) is 5.60 Å². The fourth-order valence-corrected chi connectivity index (χ4v) is 4.04. The number of ether oxygens (including phenoxy) is 1. The molecule has 0 heterocycles. The number of nitrogens with zero attached hydrogens (tertiary/aromatic N) is 1. The number of hydrogen-bond donors (Lipinski definition) is 1. The van der Waals surface area contributed by atoms with Crippen molar-refractivity contribution in [3.63, 3.8) is 0 Å². The van der Waals surface area contributed by atoms with Crippen LogP contribution in [0.25, 0.3) is 0 Å². The highest BCUT2D eigenvalue weighted by molar-refractivity contribution is 6.30. The number of hydrogen-bond acceptors (Lipinski definition) is 4. The summed E-state index contributed by atoms with van der Waals surface area (Å²) in [5.41, 5.74) is 2.36. The molecule has 0 aliphatic heterocycles. The third-order valence-corrected chi connectivity index (χ3v) is 6.29. The van der Waals surface area contributed by atoms with Crippen molar-refractivity contribution in [2.24, 2.45) is 0 Å². The Bertz CT molecular complexity index is 1250. The molecule has 2 atom stereocenters. The Hall–Kier alpha value is -3.62. The molecular weight excluding hydrogens is 460 g/mol. The van der Waals surface area contributed by atoms with Gasteiger partial charge in [-0.05, 0) is 81.1 Å². The van der Waals surface area contributed by atoms with Crippen LogP contribution >= 0.6 is 11.6 Å². The van der Waals surface area contributed by atoms with Gasteiger partial charge in [0.1, 0.15) is 0 Å². The van der Waals surface area contributed by atoms with Crippen molar-refractivity contribution in [3.8, 4) is 6.07 Å². The van der Waals surface area contributed by atoms with Crippen LogP contribution in [0.15, 0.2) is 72.8 Å². The highest BCUT2D eigenvalue weighted by Crippen LogP contribution is 2.27. The number of carbonyl (C=O) groups excluding carboxylic acids is 2. The molecule has 3 aromatic carbocycles. The van der Waals surface area contributed by atoms with Gasteiger partial charge < -0.3 is 10.1 Å². The van der Waals surface area contributed by atoms with Crippen LogP contribution in [0.2, 0.25) is 5.02 Å². The lowest BCUT2D eigenvalue weighted by molar-refractivity contribution is -0.138. The van der Waals surface area contributed by atoms with Gasteiger partial charge >= 0.3 is 5.97 Å². The summed E-state index contributed by atoms with van der Waals surface area (Å²) < 4.78 is 5.61. The van der Waals surface area contributed by atoms with Crippen LogP contribution in [0.5, 0.6) is 0 Å². The molecule has 0 aromatic heterocycles. The maximum atomic E-state index is 13.2. The number of amides is 1. The molecule has 3 aromatic rings. The van der Waals surface area contributed by atoms with Gasteiger partial charge in [0.25, 0.3) is 5.91 Å². The van der Waals surface area contributed by atoms with Crippen molar-refractivity contribution in [1.82, 2.24) is 5.32 Å². The van der Waals surface area contributed by atoms with Crippen LogP contribution in [-0.2, 0) is 16.0 Å². The Morgan fingerprint density at radius 2 is 1.74 bits per heavy atom. The second-order valence-electron chi connectivity index (χ2n) is 9.15. The molecule has 180 valence electrons. The van der Waals surface area contributed by atoms with Crippen LogP contribution in [0.1, 0.15) is 59.3 Å². The molecule has 0 spiro atoms. The first-order valence-corrected chi connectivity index (χ1v) is 11.8. The van der Waals surface area contributed by atoms with Crippen molar-refractivity contribution in [1.29, 1.82) is 5.26 Å². The highest BCUT2D eigenvalue weighted by Gasteiger charge is 2.35. The molecule has 0 fully saturated rings. The largest absolute Gasteiger partial charge is 0.446 e. The zero-order chi connectivity index (χ0) is 25.6. The maximum absolute atomic E-state index is 13.2. The lowest BCUT2D eigenvalue weighted by Crippen LogP contribution is -2.50. The van der Waals surface area contributed by atoms with Crippen molar-refractivity contribution in [3.05, 3.63) is 106 Å². The van der Waals surface area contributed by atoms with E-state index in [0.717, 1.165) is 16.7 Å². The Morgan fingerprint density at radius 3 is 2.40 bits per heavy atom. The summed E-state index contributed by atoms with van der Waals surface area (Å²) in [5.74, 6) is -1.07. The monoisotopic (exact) mass is 488 g/mol. The number of rotatable bonds is 8. The zero-order valence-corrected chi connectivity index (χ0v) is 21.1. The fourth-order valence-electron chi connectivity index (χ4n) is 3.91. The molecule has 0 bridgehead atoms. The van der Waals surface area contributed by atoms with Crippen molar-refractivity contribution >= 4 is 23.5 Å². The summed E-state index contributed by atoms with van der Waals surface area (Å²) in [6.45, 7) is 6.89. The Morgan fingerprint density at radius 1 is 1.06 bits per heavy atom. The van der Waals surface area contributed by atoms with E-state index in [1.165, 1.54) is 0 Å². The van der Waals surface area contributed by atoms with E-state index >= 15 is 0 Å². The first-order valence-electron chi connectivity index (χ1n) is 11.4. The van der Waals surface area contributed by atoms with Gasteiger partial charge in [0, 0.05) is 17.0 Å². The average molecular weight is 489 g/mol. The molecule has 6 heteroatoms. The van der Waals surface area contributed by atoms with Crippen LogP contribution in [0.3, 0.4) is 0 Å². The van der Waals surface area contributed by atoms with Gasteiger partial charge in [-0.3, -0.25) is 4.79 Å². The lowest BCUT2D eigenvalue weighted by atomic mass is 9.85. The summed E-state index contributed by atoms with van der Waals surface area (Å²) in [6, 6.07) is 23.9. The van der Waals surface area contributed by atoms with Gasteiger partial charge in [-0.1, -0.05) is 54.1 Å². The SMILES string of the molecule is Cc1ccccc1C(=O)OC(C)(C)C(=O)N[C@@H](C)[C@@H](Cc1ccc(Cl)cc1)c1cccc(C#N)c1. The molecule has 5 nitrogen and oxygen atoms in total. The molecule has 0 radical (unpaired) electrons. The number of carbonyl (C=O) groups is 2. The van der Waals surface area contributed by atoms with Crippen molar-refractivity contribution in [2.45, 2.75) is 51.7 Å². The fraction of sp³-hybridized carbons (Fsp3) is 0.276. The molecule has 0 saturated carbocycles. The summed E-state index contributed by atoms with van der Waals surface area (Å²) in [5, 5.41) is 13.1. The van der Waals surface area contributed by atoms with Crippen LogP contribution < -0.4 is 5.32 Å². The maximum Gasteiger partial charge on any atom is 0.339 e. The van der Waals surface area contributed by atoms with E-state index in [4.69, 9.17) is 16.3 Å². The number of nitrogens with one attached hydrogen (secondary N) is 1. The summed E-state index contributed by atoms with van der Waals surface area (Å²) >= 11 is 6.05. The Kier molecular flexibility index (Phi) is 8.32. The molecule has 3 rings (SSSR count). The summed E-state index contributed by atoms with van der Waals surface area (Å²) in [7, 11) is 0. The third-order valence-electron chi connectivity index (χ3n) is 6.03. The van der Waals surface area contributed by atoms with E-state index in [-0.39, 0.29) is 12.0 Å².